The lowest BCUT2D eigenvalue weighted by Crippen LogP contribution is -2.34. The lowest BCUT2D eigenvalue weighted by molar-refractivity contribution is -0.117. The zero-order valence-electron chi connectivity index (χ0n) is 18.3. The molecule has 0 aliphatic carbocycles. The summed E-state index contributed by atoms with van der Waals surface area (Å²) in [6, 6.07) is 10.6. The molecule has 0 bridgehead atoms. The number of aromatic nitrogens is 2. The zero-order valence-corrected chi connectivity index (χ0v) is 18.3. The molecule has 2 amide bonds. The number of halogens is 2. The second-order valence-electron chi connectivity index (χ2n) is 7.10. The van der Waals surface area contributed by atoms with Crippen LogP contribution in [0.15, 0.2) is 54.9 Å². The molecule has 1 aromatic carbocycles. The number of ether oxygens (including phenoxy) is 1. The Morgan fingerprint density at radius 2 is 1.85 bits per heavy atom. The van der Waals surface area contributed by atoms with Crippen LogP contribution >= 0.6 is 0 Å². The number of hydrogen-bond acceptors (Lipinski definition) is 7. The first-order valence-electron chi connectivity index (χ1n) is 9.97. The molecule has 9 nitrogen and oxygen atoms in total. The average Bonchev–Trinajstić information content (AvgIpc) is 2.83. The van der Waals surface area contributed by atoms with Gasteiger partial charge in [-0.2, -0.15) is 0 Å². The van der Waals surface area contributed by atoms with E-state index in [-0.39, 0.29) is 16.8 Å². The molecule has 0 aliphatic heterocycles. The maximum atomic E-state index is 13.0. The summed E-state index contributed by atoms with van der Waals surface area (Å²) < 4.78 is 30.7. The summed E-state index contributed by atoms with van der Waals surface area (Å²) in [6.45, 7) is 0.257. The van der Waals surface area contributed by atoms with Gasteiger partial charge >= 0.3 is 5.97 Å². The van der Waals surface area contributed by atoms with Crippen molar-refractivity contribution in [2.24, 2.45) is 0 Å². The smallest absolute Gasteiger partial charge is 0.340 e. The van der Waals surface area contributed by atoms with Gasteiger partial charge in [0, 0.05) is 18.7 Å². The molecular formula is C23H21F2N5O4. The predicted molar refractivity (Wildman–Crippen MR) is 122 cm³/mol. The molecule has 176 valence electrons. The summed E-state index contributed by atoms with van der Waals surface area (Å²) in [4.78, 5) is 45.7. The number of rotatable bonds is 7. The number of carbonyl (C=O) groups is 3. The van der Waals surface area contributed by atoms with E-state index in [2.05, 4.69) is 15.3 Å². The molecule has 3 aromatic rings. The molecule has 0 fully saturated rings. The third-order valence-electron chi connectivity index (χ3n) is 4.76. The fourth-order valence-corrected chi connectivity index (χ4v) is 3.12. The quantitative estimate of drug-likeness (QED) is 0.508. The van der Waals surface area contributed by atoms with E-state index in [1.54, 1.807) is 18.2 Å². The van der Waals surface area contributed by atoms with Crippen molar-refractivity contribution in [1.29, 1.82) is 0 Å². The molecule has 0 spiro atoms. The summed E-state index contributed by atoms with van der Waals surface area (Å²) in [5.74, 6) is -1.55. The Morgan fingerprint density at radius 3 is 2.41 bits per heavy atom. The minimum absolute atomic E-state index is 0.00324. The molecule has 0 radical (unpaired) electrons. The van der Waals surface area contributed by atoms with E-state index in [0.29, 0.717) is 22.8 Å². The van der Waals surface area contributed by atoms with E-state index in [1.165, 1.54) is 36.7 Å². The van der Waals surface area contributed by atoms with Gasteiger partial charge < -0.3 is 20.7 Å². The van der Waals surface area contributed by atoms with Gasteiger partial charge in [-0.15, -0.1) is 0 Å². The third-order valence-corrected chi connectivity index (χ3v) is 4.76. The van der Waals surface area contributed by atoms with Crippen LogP contribution in [0, 0.1) is 0 Å². The molecule has 11 heteroatoms. The molecule has 0 saturated carbocycles. The van der Waals surface area contributed by atoms with Crippen LogP contribution < -0.4 is 16.0 Å². The number of methoxy groups -OCH3 is 1. The highest BCUT2D eigenvalue weighted by Gasteiger charge is 2.24. The molecule has 0 aliphatic rings. The molecule has 2 heterocycles. The second kappa shape index (κ2) is 10.5. The number of nitrogens with two attached hydrogens (primary N) is 1. The first kappa shape index (κ1) is 24.2. The highest BCUT2D eigenvalue weighted by Crippen LogP contribution is 2.28. The minimum Gasteiger partial charge on any atom is -0.465 e. The maximum Gasteiger partial charge on any atom is 0.340 e. The van der Waals surface area contributed by atoms with Gasteiger partial charge in [-0.25, -0.2) is 18.6 Å². The average molecular weight is 469 g/mol. The van der Waals surface area contributed by atoms with Crippen molar-refractivity contribution in [2.75, 3.05) is 29.6 Å². The normalized spacial score (nSPS) is 10.6. The van der Waals surface area contributed by atoms with E-state index in [9.17, 15) is 23.2 Å². The lowest BCUT2D eigenvalue weighted by Gasteiger charge is -2.23. The van der Waals surface area contributed by atoms with Gasteiger partial charge in [0.2, 0.25) is 5.91 Å². The molecule has 0 saturated heterocycles. The largest absolute Gasteiger partial charge is 0.465 e. The highest BCUT2D eigenvalue weighted by molar-refractivity contribution is 6.04. The van der Waals surface area contributed by atoms with Crippen molar-refractivity contribution in [2.45, 2.75) is 13.3 Å². The predicted octanol–water partition coefficient (Wildman–Crippen LogP) is 3.38. The van der Waals surface area contributed by atoms with Crippen molar-refractivity contribution in [3.05, 3.63) is 66.0 Å². The number of benzene rings is 1. The molecular weight excluding hydrogens is 448 g/mol. The summed E-state index contributed by atoms with van der Waals surface area (Å²) in [6.07, 6.45) is -0.0261. The van der Waals surface area contributed by atoms with Crippen molar-refractivity contribution < 1.29 is 27.9 Å². The number of anilines is 3. The van der Waals surface area contributed by atoms with Crippen LogP contribution in [-0.2, 0) is 9.53 Å². The Bertz CT molecular complexity index is 1200. The first-order valence-corrected chi connectivity index (χ1v) is 9.97. The summed E-state index contributed by atoms with van der Waals surface area (Å²) in [7, 11) is 1.15. The van der Waals surface area contributed by atoms with Crippen LogP contribution in [-0.4, -0.2) is 47.8 Å². The lowest BCUT2D eigenvalue weighted by atomic mass is 10.0. The standard InChI is InChI=1S/C23H21F2N5O4/c1-13(31)30(12-20(24)25)19-7-4-14(9-17(19)23(33)34-2)18-6-3-15(10-27-18)22(32)29-16-5-8-21(26)28-11-16/h3-11,20H,12H2,1-2H3,(H2,26,28)(H,29,32). The van der Waals surface area contributed by atoms with E-state index in [0.717, 1.165) is 18.9 Å². The summed E-state index contributed by atoms with van der Waals surface area (Å²) in [5, 5.41) is 2.67. The number of nitrogens with zero attached hydrogens (tertiary/aromatic N) is 3. The zero-order chi connectivity index (χ0) is 24.8. The number of nitrogen functional groups attached to an aromatic ring is 1. The topological polar surface area (TPSA) is 128 Å². The SMILES string of the molecule is COC(=O)c1cc(-c2ccc(C(=O)Nc3ccc(N)nc3)cn2)ccc1N(CC(F)F)C(C)=O. The first-order chi connectivity index (χ1) is 16.2. The highest BCUT2D eigenvalue weighted by atomic mass is 19.3. The van der Waals surface area contributed by atoms with E-state index < -0.39 is 30.8 Å². The van der Waals surface area contributed by atoms with Gasteiger partial charge in [0.05, 0.1) is 48.0 Å². The van der Waals surface area contributed by atoms with Crippen molar-refractivity contribution in [1.82, 2.24) is 9.97 Å². The van der Waals surface area contributed by atoms with Crippen molar-refractivity contribution >= 4 is 35.0 Å². The monoisotopic (exact) mass is 469 g/mol. The van der Waals surface area contributed by atoms with Crippen LogP contribution in [0.25, 0.3) is 11.3 Å². The minimum atomic E-state index is -2.79. The van der Waals surface area contributed by atoms with Crippen molar-refractivity contribution in [3.63, 3.8) is 0 Å². The Morgan fingerprint density at radius 1 is 1.09 bits per heavy atom. The molecule has 2 aromatic heterocycles. The van der Waals surface area contributed by atoms with Gasteiger partial charge in [0.15, 0.2) is 0 Å². The molecule has 3 rings (SSSR count). The molecule has 0 unspecified atom stereocenters. The van der Waals surface area contributed by atoms with Gasteiger partial charge in [-0.3, -0.25) is 14.6 Å². The second-order valence-corrected chi connectivity index (χ2v) is 7.10. The Kier molecular flexibility index (Phi) is 7.46. The third kappa shape index (κ3) is 5.68. The fraction of sp³-hybridized carbons (Fsp3) is 0.174. The van der Waals surface area contributed by atoms with E-state index in [4.69, 9.17) is 10.5 Å². The number of esters is 1. The van der Waals surface area contributed by atoms with Crippen LogP contribution in [0.5, 0.6) is 0 Å². The fourth-order valence-electron chi connectivity index (χ4n) is 3.12. The number of carbonyl (C=O) groups excluding carboxylic acids is 3. The summed E-state index contributed by atoms with van der Waals surface area (Å²) in [5.41, 5.74) is 7.04. The van der Waals surface area contributed by atoms with Crippen LogP contribution in [0.1, 0.15) is 27.6 Å². The number of amides is 2. The van der Waals surface area contributed by atoms with Crippen LogP contribution in [0.2, 0.25) is 0 Å². The number of hydrogen-bond donors (Lipinski definition) is 2. The number of pyridine rings is 2. The van der Waals surface area contributed by atoms with Crippen LogP contribution in [0.3, 0.4) is 0 Å². The van der Waals surface area contributed by atoms with E-state index in [1.807, 2.05) is 0 Å². The maximum absolute atomic E-state index is 13.0. The van der Waals surface area contributed by atoms with Gasteiger partial charge in [-0.05, 0) is 36.4 Å². The Balaban J connectivity index is 1.89. The van der Waals surface area contributed by atoms with Gasteiger partial charge in [0.25, 0.3) is 12.3 Å². The summed E-state index contributed by atoms with van der Waals surface area (Å²) >= 11 is 0. The van der Waals surface area contributed by atoms with E-state index >= 15 is 0 Å². The van der Waals surface area contributed by atoms with Crippen molar-refractivity contribution in [3.8, 4) is 11.3 Å². The van der Waals surface area contributed by atoms with Gasteiger partial charge in [-0.1, -0.05) is 6.07 Å². The number of alkyl halides is 2. The Hall–Kier alpha value is -4.41. The molecule has 34 heavy (non-hydrogen) atoms. The van der Waals surface area contributed by atoms with Gasteiger partial charge in [0.1, 0.15) is 5.82 Å². The number of nitrogens with one attached hydrogen (secondary N) is 1. The molecule has 0 atom stereocenters. The molecule has 3 N–H and O–H groups in total. The Labute approximate surface area is 193 Å². The van der Waals surface area contributed by atoms with Crippen LogP contribution in [0.4, 0.5) is 26.0 Å².